The smallest absolute Gasteiger partial charge is 0.282 e. The summed E-state index contributed by atoms with van der Waals surface area (Å²) in [7, 11) is -9.15. The molecule has 0 aliphatic rings. The predicted octanol–water partition coefficient (Wildman–Crippen LogP) is 3.75. The molecule has 8 nitrogen and oxygen atoms in total. The topological polar surface area (TPSA) is 133 Å². The van der Waals surface area contributed by atoms with Gasteiger partial charge in [-0.25, -0.2) is 0 Å². The van der Waals surface area contributed by atoms with E-state index in [1.807, 2.05) is 0 Å². The van der Waals surface area contributed by atoms with Crippen LogP contribution in [0.15, 0.2) is 80.7 Å². The van der Waals surface area contributed by atoms with Crippen molar-refractivity contribution in [2.75, 3.05) is 0 Å². The van der Waals surface area contributed by atoms with E-state index in [9.17, 15) is 25.9 Å². The third-order valence-electron chi connectivity index (χ3n) is 3.52. The van der Waals surface area contributed by atoms with Gasteiger partial charge < -0.3 is 0 Å². The molecule has 0 aliphatic heterocycles. The minimum atomic E-state index is -4.64. The number of benzene rings is 3. The zero-order valence-electron chi connectivity index (χ0n) is 13.0. The van der Waals surface area contributed by atoms with E-state index in [1.54, 1.807) is 30.3 Å². The summed E-state index contributed by atoms with van der Waals surface area (Å²) in [4.78, 5) is -0.967. The van der Waals surface area contributed by atoms with Crippen molar-refractivity contribution in [2.45, 2.75) is 9.79 Å². The maximum atomic E-state index is 11.7. The van der Waals surface area contributed by atoms with Gasteiger partial charge in [0.15, 0.2) is 0 Å². The van der Waals surface area contributed by atoms with Gasteiger partial charge in [0.25, 0.3) is 20.2 Å². The predicted molar refractivity (Wildman–Crippen MR) is 94.2 cm³/mol. The SMILES string of the molecule is O=S(=O)(O)c1ccc2ccc(S(=O)(=O)O)c(N=Nc3ccccc3)c2c1. The third-order valence-corrected chi connectivity index (χ3v) is 5.26. The van der Waals surface area contributed by atoms with E-state index in [0.29, 0.717) is 11.1 Å². The molecule has 0 saturated carbocycles. The molecule has 3 rings (SSSR count). The van der Waals surface area contributed by atoms with Crippen LogP contribution in [-0.4, -0.2) is 25.9 Å². The molecule has 134 valence electrons. The van der Waals surface area contributed by atoms with Gasteiger partial charge in [-0.15, -0.1) is 5.11 Å². The Morgan fingerprint density at radius 3 is 2.00 bits per heavy atom. The van der Waals surface area contributed by atoms with Crippen molar-refractivity contribution < 1.29 is 25.9 Å². The lowest BCUT2D eigenvalue weighted by Crippen LogP contribution is -2.00. The average Bonchev–Trinajstić information content (AvgIpc) is 2.58. The van der Waals surface area contributed by atoms with Crippen molar-refractivity contribution in [2.24, 2.45) is 10.2 Å². The van der Waals surface area contributed by atoms with Crippen molar-refractivity contribution in [1.29, 1.82) is 0 Å². The van der Waals surface area contributed by atoms with Gasteiger partial charge in [0, 0.05) is 5.39 Å². The lowest BCUT2D eigenvalue weighted by atomic mass is 10.1. The van der Waals surface area contributed by atoms with Crippen LogP contribution in [0.4, 0.5) is 11.4 Å². The fourth-order valence-electron chi connectivity index (χ4n) is 2.34. The van der Waals surface area contributed by atoms with Crippen LogP contribution in [0, 0.1) is 0 Å². The normalized spacial score (nSPS) is 12.7. The lowest BCUT2D eigenvalue weighted by Gasteiger charge is -2.08. The summed E-state index contributed by atoms with van der Waals surface area (Å²) in [6, 6.07) is 14.6. The van der Waals surface area contributed by atoms with Gasteiger partial charge in [0.1, 0.15) is 10.6 Å². The molecule has 10 heteroatoms. The molecule has 0 aromatic heterocycles. The molecular weight excluding hydrogens is 380 g/mol. The molecular formula is C16H12N2O6S2. The average molecular weight is 392 g/mol. The molecule has 0 atom stereocenters. The van der Waals surface area contributed by atoms with E-state index in [-0.39, 0.29) is 11.1 Å². The van der Waals surface area contributed by atoms with E-state index in [4.69, 9.17) is 0 Å². The molecule has 0 amide bonds. The van der Waals surface area contributed by atoms with E-state index < -0.39 is 30.0 Å². The first-order valence-electron chi connectivity index (χ1n) is 7.15. The molecule has 0 spiro atoms. The summed E-state index contributed by atoms with van der Waals surface area (Å²) in [5.74, 6) is 0. The van der Waals surface area contributed by atoms with Gasteiger partial charge >= 0.3 is 0 Å². The summed E-state index contributed by atoms with van der Waals surface area (Å²) in [5.41, 5.74) is 0.191. The van der Waals surface area contributed by atoms with Crippen molar-refractivity contribution in [3.05, 3.63) is 60.7 Å². The van der Waals surface area contributed by atoms with Gasteiger partial charge in [-0.1, -0.05) is 30.3 Å². The Labute approximate surface area is 149 Å². The number of hydrogen-bond donors (Lipinski definition) is 2. The van der Waals surface area contributed by atoms with Gasteiger partial charge in [-0.2, -0.15) is 21.9 Å². The molecule has 0 saturated heterocycles. The minimum Gasteiger partial charge on any atom is -0.282 e. The van der Waals surface area contributed by atoms with Crippen LogP contribution >= 0.6 is 0 Å². The first-order valence-corrected chi connectivity index (χ1v) is 10.0. The van der Waals surface area contributed by atoms with Gasteiger partial charge in [-0.3, -0.25) is 9.11 Å². The van der Waals surface area contributed by atoms with Crippen LogP contribution in [-0.2, 0) is 20.2 Å². The quantitative estimate of drug-likeness (QED) is 0.513. The Bertz CT molecular complexity index is 1220. The maximum Gasteiger partial charge on any atom is 0.296 e. The monoisotopic (exact) mass is 392 g/mol. The highest BCUT2D eigenvalue weighted by Gasteiger charge is 2.20. The van der Waals surface area contributed by atoms with Crippen molar-refractivity contribution in [1.82, 2.24) is 0 Å². The molecule has 26 heavy (non-hydrogen) atoms. The van der Waals surface area contributed by atoms with Crippen LogP contribution in [0.1, 0.15) is 0 Å². The van der Waals surface area contributed by atoms with Gasteiger partial charge in [0.05, 0.1) is 10.6 Å². The molecule has 0 bridgehead atoms. The van der Waals surface area contributed by atoms with Crippen LogP contribution in [0.25, 0.3) is 10.8 Å². The van der Waals surface area contributed by atoms with Crippen LogP contribution in [0.2, 0.25) is 0 Å². The Morgan fingerprint density at radius 1 is 0.731 bits per heavy atom. The fourth-order valence-corrected chi connectivity index (χ4v) is 3.48. The molecule has 0 fully saturated rings. The van der Waals surface area contributed by atoms with E-state index in [0.717, 1.165) is 12.1 Å². The summed E-state index contributed by atoms with van der Waals surface area (Å²) in [6.45, 7) is 0. The Morgan fingerprint density at radius 2 is 1.38 bits per heavy atom. The highest BCUT2D eigenvalue weighted by molar-refractivity contribution is 7.86. The lowest BCUT2D eigenvalue weighted by molar-refractivity contribution is 0.481. The summed E-state index contributed by atoms with van der Waals surface area (Å²) in [5, 5.41) is 8.38. The van der Waals surface area contributed by atoms with Crippen molar-refractivity contribution >= 4 is 42.4 Å². The first-order chi connectivity index (χ1) is 12.2. The second-order valence-corrected chi connectivity index (χ2v) is 8.09. The molecule has 0 aliphatic carbocycles. The number of rotatable bonds is 4. The first kappa shape index (κ1) is 18.1. The second kappa shape index (κ2) is 6.57. The maximum absolute atomic E-state index is 11.7. The van der Waals surface area contributed by atoms with Crippen LogP contribution < -0.4 is 0 Å². The Kier molecular flexibility index (Phi) is 4.59. The molecule has 0 heterocycles. The second-order valence-electron chi connectivity index (χ2n) is 5.28. The number of fused-ring (bicyclic) bond motifs is 1. The zero-order chi connectivity index (χ0) is 18.9. The van der Waals surface area contributed by atoms with Gasteiger partial charge in [-0.05, 0) is 35.7 Å². The summed E-state index contributed by atoms with van der Waals surface area (Å²) < 4.78 is 64.8. The van der Waals surface area contributed by atoms with Crippen LogP contribution in [0.3, 0.4) is 0 Å². The minimum absolute atomic E-state index is 0.0925. The molecule has 0 radical (unpaired) electrons. The zero-order valence-corrected chi connectivity index (χ0v) is 14.6. The molecule has 2 N–H and O–H groups in total. The number of nitrogens with zero attached hydrogens (tertiary/aromatic N) is 2. The Hall–Kier alpha value is -2.66. The number of azo groups is 1. The van der Waals surface area contributed by atoms with E-state index in [2.05, 4.69) is 10.2 Å². The summed E-state index contributed by atoms with van der Waals surface area (Å²) >= 11 is 0. The fraction of sp³-hybridized carbons (Fsp3) is 0. The summed E-state index contributed by atoms with van der Waals surface area (Å²) in [6.07, 6.45) is 0. The van der Waals surface area contributed by atoms with Gasteiger partial charge in [0.2, 0.25) is 0 Å². The number of hydrogen-bond acceptors (Lipinski definition) is 6. The van der Waals surface area contributed by atoms with E-state index in [1.165, 1.54) is 18.2 Å². The third kappa shape index (κ3) is 3.78. The molecule has 3 aromatic rings. The van der Waals surface area contributed by atoms with Crippen molar-refractivity contribution in [3.8, 4) is 0 Å². The van der Waals surface area contributed by atoms with Crippen LogP contribution in [0.5, 0.6) is 0 Å². The highest BCUT2D eigenvalue weighted by Crippen LogP contribution is 2.35. The standard InChI is InChI=1S/C16H12N2O6S2/c19-25(20,21)13-8-6-11-7-9-15(26(22,23)24)16(14(11)10-13)18-17-12-4-2-1-3-5-12/h1-10H,(H,19,20,21)(H,22,23,24). The van der Waals surface area contributed by atoms with E-state index >= 15 is 0 Å². The largest absolute Gasteiger partial charge is 0.296 e. The molecule has 0 unspecified atom stereocenters. The highest BCUT2D eigenvalue weighted by atomic mass is 32.2. The molecule has 3 aromatic carbocycles. The van der Waals surface area contributed by atoms with Crippen molar-refractivity contribution in [3.63, 3.8) is 0 Å². The Balaban J connectivity index is 2.32.